The molecule has 154 valence electrons. The van der Waals surface area contributed by atoms with Crippen molar-refractivity contribution in [2.75, 3.05) is 36.4 Å². The summed E-state index contributed by atoms with van der Waals surface area (Å²) in [7, 11) is 0. The number of halogens is 1. The molecule has 0 radical (unpaired) electrons. The number of rotatable bonds is 3. The molecule has 30 heavy (non-hydrogen) atoms. The fourth-order valence-corrected chi connectivity index (χ4v) is 3.44. The van der Waals surface area contributed by atoms with Crippen LogP contribution in [0.5, 0.6) is 0 Å². The van der Waals surface area contributed by atoms with E-state index in [0.717, 1.165) is 11.3 Å². The largest absolute Gasteiger partial charge is 0.352 e. The number of amides is 2. The SMILES string of the molecule is Cc1ccc(-n2nc(N3CCN(C(=O)Nc4ccc(Cl)cc4)CC3)ccc2=O)cc1. The fourth-order valence-electron chi connectivity index (χ4n) is 3.32. The zero-order valence-corrected chi connectivity index (χ0v) is 17.3. The Hall–Kier alpha value is -3.32. The number of nitrogens with one attached hydrogen (secondary N) is 1. The summed E-state index contributed by atoms with van der Waals surface area (Å²) in [6.07, 6.45) is 0. The first-order chi connectivity index (χ1) is 14.5. The van der Waals surface area contributed by atoms with Crippen molar-refractivity contribution in [2.24, 2.45) is 0 Å². The molecule has 2 amide bonds. The topological polar surface area (TPSA) is 70.5 Å². The van der Waals surface area contributed by atoms with Crippen molar-refractivity contribution in [3.63, 3.8) is 0 Å². The van der Waals surface area contributed by atoms with E-state index in [-0.39, 0.29) is 11.6 Å². The molecule has 0 atom stereocenters. The maximum Gasteiger partial charge on any atom is 0.321 e. The van der Waals surface area contributed by atoms with E-state index in [4.69, 9.17) is 11.6 Å². The van der Waals surface area contributed by atoms with Gasteiger partial charge in [-0.2, -0.15) is 4.68 Å². The lowest BCUT2D eigenvalue weighted by Gasteiger charge is -2.35. The number of nitrogens with zero attached hydrogens (tertiary/aromatic N) is 4. The zero-order valence-electron chi connectivity index (χ0n) is 16.6. The molecule has 1 saturated heterocycles. The lowest BCUT2D eigenvalue weighted by molar-refractivity contribution is 0.208. The van der Waals surface area contributed by atoms with Crippen molar-refractivity contribution < 1.29 is 4.79 Å². The molecule has 1 aromatic heterocycles. The minimum absolute atomic E-state index is 0.144. The van der Waals surface area contributed by atoms with E-state index >= 15 is 0 Å². The number of carbonyl (C=O) groups excluding carboxylic acids is 1. The second kappa shape index (κ2) is 8.59. The van der Waals surface area contributed by atoms with Crippen LogP contribution < -0.4 is 15.8 Å². The lowest BCUT2D eigenvalue weighted by atomic mass is 10.2. The normalized spacial score (nSPS) is 13.9. The van der Waals surface area contributed by atoms with E-state index in [1.54, 1.807) is 35.2 Å². The standard InChI is InChI=1S/C22H22ClN5O2/c1-16-2-8-19(9-3-16)28-21(29)11-10-20(25-28)26-12-14-27(15-13-26)22(30)24-18-6-4-17(23)5-7-18/h2-11H,12-15H2,1H3,(H,24,30). The summed E-state index contributed by atoms with van der Waals surface area (Å²) < 4.78 is 1.41. The summed E-state index contributed by atoms with van der Waals surface area (Å²) in [6.45, 7) is 4.38. The monoisotopic (exact) mass is 423 g/mol. The quantitative estimate of drug-likeness (QED) is 0.699. The van der Waals surface area contributed by atoms with Crippen LogP contribution in [0.1, 0.15) is 5.56 Å². The van der Waals surface area contributed by atoms with Crippen molar-refractivity contribution in [3.8, 4) is 5.69 Å². The van der Waals surface area contributed by atoms with Crippen LogP contribution in [-0.4, -0.2) is 46.9 Å². The third kappa shape index (κ3) is 4.46. The second-order valence-corrected chi connectivity index (χ2v) is 7.62. The molecule has 1 fully saturated rings. The van der Waals surface area contributed by atoms with Gasteiger partial charge in [0.1, 0.15) is 5.82 Å². The van der Waals surface area contributed by atoms with Crippen molar-refractivity contribution in [3.05, 3.63) is 81.6 Å². The van der Waals surface area contributed by atoms with Crippen LogP contribution in [0, 0.1) is 6.92 Å². The maximum absolute atomic E-state index is 12.5. The number of aromatic nitrogens is 2. The number of piperazine rings is 1. The van der Waals surface area contributed by atoms with Crippen LogP contribution >= 0.6 is 11.6 Å². The molecule has 0 saturated carbocycles. The molecule has 0 aliphatic carbocycles. The summed E-state index contributed by atoms with van der Waals surface area (Å²) in [4.78, 5) is 28.6. The van der Waals surface area contributed by atoms with Gasteiger partial charge >= 0.3 is 6.03 Å². The van der Waals surface area contributed by atoms with E-state index in [1.165, 1.54) is 10.7 Å². The Kier molecular flexibility index (Phi) is 5.72. The number of hydrogen-bond donors (Lipinski definition) is 1. The molecule has 1 aliphatic rings. The van der Waals surface area contributed by atoms with E-state index in [2.05, 4.69) is 15.3 Å². The molecule has 0 bridgehead atoms. The molecule has 3 aromatic rings. The van der Waals surface area contributed by atoms with E-state index in [0.29, 0.717) is 42.7 Å². The minimum atomic E-state index is -0.177. The molecule has 2 heterocycles. The Bertz CT molecular complexity index is 1090. The van der Waals surface area contributed by atoms with E-state index in [9.17, 15) is 9.59 Å². The molecule has 0 unspecified atom stereocenters. The van der Waals surface area contributed by atoms with Gasteiger partial charge in [-0.05, 0) is 49.4 Å². The molecule has 7 nitrogen and oxygen atoms in total. The fraction of sp³-hybridized carbons (Fsp3) is 0.227. The molecule has 1 N–H and O–H groups in total. The van der Waals surface area contributed by atoms with Gasteiger partial charge in [-0.15, -0.1) is 5.10 Å². The minimum Gasteiger partial charge on any atom is -0.352 e. The van der Waals surface area contributed by atoms with E-state index in [1.807, 2.05) is 31.2 Å². The van der Waals surface area contributed by atoms with Crippen LogP contribution in [0.3, 0.4) is 0 Å². The van der Waals surface area contributed by atoms with Gasteiger partial charge in [0.25, 0.3) is 5.56 Å². The summed E-state index contributed by atoms with van der Waals surface area (Å²) in [6, 6.07) is 17.8. The Balaban J connectivity index is 1.42. The first kappa shape index (κ1) is 20.0. The van der Waals surface area contributed by atoms with Crippen LogP contribution in [0.15, 0.2) is 65.5 Å². The summed E-state index contributed by atoms with van der Waals surface area (Å²) in [5.74, 6) is 0.716. The Morgan fingerprint density at radius 1 is 0.933 bits per heavy atom. The molecular formula is C22H22ClN5O2. The molecule has 2 aromatic carbocycles. The number of hydrogen-bond acceptors (Lipinski definition) is 4. The highest BCUT2D eigenvalue weighted by Crippen LogP contribution is 2.16. The number of urea groups is 1. The van der Waals surface area contributed by atoms with Crippen molar-refractivity contribution >= 4 is 29.1 Å². The maximum atomic E-state index is 12.5. The van der Waals surface area contributed by atoms with Crippen LogP contribution in [0.2, 0.25) is 5.02 Å². The van der Waals surface area contributed by atoms with Gasteiger partial charge in [-0.3, -0.25) is 4.79 Å². The van der Waals surface area contributed by atoms with Crippen molar-refractivity contribution in [1.82, 2.24) is 14.7 Å². The van der Waals surface area contributed by atoms with Gasteiger partial charge < -0.3 is 15.1 Å². The Morgan fingerprint density at radius 2 is 1.60 bits per heavy atom. The molecule has 0 spiro atoms. The summed E-state index contributed by atoms with van der Waals surface area (Å²) in [5.41, 5.74) is 2.38. The highest BCUT2D eigenvalue weighted by atomic mass is 35.5. The molecule has 8 heteroatoms. The first-order valence-corrected chi connectivity index (χ1v) is 10.1. The second-order valence-electron chi connectivity index (χ2n) is 7.19. The molecule has 1 aliphatic heterocycles. The van der Waals surface area contributed by atoms with Gasteiger partial charge in [0.05, 0.1) is 5.69 Å². The highest BCUT2D eigenvalue weighted by Gasteiger charge is 2.22. The Labute approximate surface area is 179 Å². The number of aryl methyl sites for hydroxylation is 1. The van der Waals surface area contributed by atoms with Gasteiger partial charge in [0, 0.05) is 43.0 Å². The average Bonchev–Trinajstić information content (AvgIpc) is 2.76. The number of anilines is 2. The van der Waals surface area contributed by atoms with Gasteiger partial charge in [-0.1, -0.05) is 29.3 Å². The first-order valence-electron chi connectivity index (χ1n) is 9.73. The van der Waals surface area contributed by atoms with Gasteiger partial charge in [0.2, 0.25) is 0 Å². The van der Waals surface area contributed by atoms with Crippen LogP contribution in [0.4, 0.5) is 16.3 Å². The molecule has 4 rings (SSSR count). The summed E-state index contributed by atoms with van der Waals surface area (Å²) in [5, 5.41) is 8.05. The smallest absolute Gasteiger partial charge is 0.321 e. The predicted molar refractivity (Wildman–Crippen MR) is 119 cm³/mol. The number of carbonyl (C=O) groups is 1. The zero-order chi connectivity index (χ0) is 21.1. The average molecular weight is 424 g/mol. The van der Waals surface area contributed by atoms with Crippen molar-refractivity contribution in [1.29, 1.82) is 0 Å². The highest BCUT2D eigenvalue weighted by molar-refractivity contribution is 6.30. The van der Waals surface area contributed by atoms with Gasteiger partial charge in [-0.25, -0.2) is 4.79 Å². The van der Waals surface area contributed by atoms with Crippen molar-refractivity contribution in [2.45, 2.75) is 6.92 Å². The summed E-state index contributed by atoms with van der Waals surface area (Å²) >= 11 is 5.88. The third-order valence-corrected chi connectivity index (χ3v) is 5.30. The Morgan fingerprint density at radius 3 is 2.27 bits per heavy atom. The third-order valence-electron chi connectivity index (χ3n) is 5.05. The lowest BCUT2D eigenvalue weighted by Crippen LogP contribution is -2.50. The van der Waals surface area contributed by atoms with E-state index < -0.39 is 0 Å². The van der Waals surface area contributed by atoms with Gasteiger partial charge in [0.15, 0.2) is 0 Å². The number of benzene rings is 2. The van der Waals surface area contributed by atoms with Crippen LogP contribution in [0.25, 0.3) is 5.69 Å². The predicted octanol–water partition coefficient (Wildman–Crippen LogP) is 3.55. The molecular weight excluding hydrogens is 402 g/mol. The van der Waals surface area contributed by atoms with Crippen LogP contribution in [-0.2, 0) is 0 Å².